The monoisotopic (exact) mass is 271 g/mol. The van der Waals surface area contributed by atoms with Crippen LogP contribution in [0, 0.1) is 6.92 Å². The Morgan fingerprint density at radius 2 is 2.11 bits per heavy atom. The third-order valence-electron chi connectivity index (χ3n) is 2.62. The van der Waals surface area contributed by atoms with Crippen molar-refractivity contribution >= 4 is 23.2 Å². The highest BCUT2D eigenvalue weighted by Crippen LogP contribution is 2.22. The number of carboxylic acids is 1. The molecule has 1 aromatic rings. The summed E-state index contributed by atoms with van der Waals surface area (Å²) in [5, 5.41) is 20.6. The molecule has 1 amide bonds. The van der Waals surface area contributed by atoms with Gasteiger partial charge in [0, 0.05) is 4.88 Å². The van der Waals surface area contributed by atoms with Gasteiger partial charge >= 0.3 is 5.97 Å². The van der Waals surface area contributed by atoms with Gasteiger partial charge in [0.05, 0.1) is 11.4 Å². The van der Waals surface area contributed by atoms with Gasteiger partial charge in [-0.15, -0.1) is 11.3 Å². The Morgan fingerprint density at radius 3 is 2.56 bits per heavy atom. The fourth-order valence-electron chi connectivity index (χ4n) is 1.40. The Hall–Kier alpha value is -1.40. The SMILES string of the molecule is CCc1sc(C(=O)NCC(C)(O)C(=O)O)cc1C. The van der Waals surface area contributed by atoms with E-state index in [1.807, 2.05) is 13.8 Å². The highest BCUT2D eigenvalue weighted by Gasteiger charge is 2.30. The van der Waals surface area contributed by atoms with Crippen LogP contribution in [0.3, 0.4) is 0 Å². The number of carboxylic acid groups (broad SMARTS) is 1. The van der Waals surface area contributed by atoms with Gasteiger partial charge in [0.25, 0.3) is 5.91 Å². The van der Waals surface area contributed by atoms with Crippen LogP contribution in [0.5, 0.6) is 0 Å². The van der Waals surface area contributed by atoms with Crippen LogP contribution in [-0.4, -0.2) is 34.2 Å². The Bertz CT molecular complexity index is 465. The Labute approximate surface area is 109 Å². The van der Waals surface area contributed by atoms with Gasteiger partial charge in [-0.05, 0) is 31.9 Å². The first kappa shape index (κ1) is 14.7. The second-order valence-electron chi connectivity index (χ2n) is 4.33. The van der Waals surface area contributed by atoms with Crippen molar-refractivity contribution in [3.8, 4) is 0 Å². The van der Waals surface area contributed by atoms with Crippen LogP contribution in [-0.2, 0) is 11.2 Å². The van der Waals surface area contributed by atoms with Crippen molar-refractivity contribution in [2.45, 2.75) is 32.8 Å². The fraction of sp³-hybridized carbons (Fsp3) is 0.500. The van der Waals surface area contributed by atoms with Gasteiger partial charge in [-0.1, -0.05) is 6.92 Å². The first-order valence-corrected chi connectivity index (χ1v) is 6.43. The summed E-state index contributed by atoms with van der Waals surface area (Å²) in [6, 6.07) is 1.77. The maximum Gasteiger partial charge on any atom is 0.337 e. The van der Waals surface area contributed by atoms with Crippen molar-refractivity contribution in [3.05, 3.63) is 21.4 Å². The Morgan fingerprint density at radius 1 is 1.50 bits per heavy atom. The molecular formula is C12H17NO4S. The van der Waals surface area contributed by atoms with Crippen molar-refractivity contribution < 1.29 is 19.8 Å². The van der Waals surface area contributed by atoms with Crippen molar-refractivity contribution in [2.75, 3.05) is 6.54 Å². The van der Waals surface area contributed by atoms with E-state index in [1.165, 1.54) is 11.3 Å². The number of carbonyl (C=O) groups is 2. The van der Waals surface area contributed by atoms with Gasteiger partial charge in [-0.3, -0.25) is 4.79 Å². The van der Waals surface area contributed by atoms with Crippen LogP contribution < -0.4 is 5.32 Å². The number of carbonyl (C=O) groups excluding carboxylic acids is 1. The molecule has 0 aliphatic rings. The molecule has 3 N–H and O–H groups in total. The predicted molar refractivity (Wildman–Crippen MR) is 69.0 cm³/mol. The first-order chi connectivity index (χ1) is 8.27. The third kappa shape index (κ3) is 3.30. The minimum atomic E-state index is -1.95. The van der Waals surface area contributed by atoms with Crippen LogP contribution in [0.4, 0.5) is 0 Å². The number of rotatable bonds is 5. The summed E-state index contributed by atoms with van der Waals surface area (Å²) in [6.45, 7) is 4.77. The fourth-order valence-corrected chi connectivity index (χ4v) is 2.43. The minimum absolute atomic E-state index is 0.320. The van der Waals surface area contributed by atoms with Crippen molar-refractivity contribution in [2.24, 2.45) is 0 Å². The number of aliphatic hydroxyl groups is 1. The number of hydrogen-bond acceptors (Lipinski definition) is 4. The molecule has 1 heterocycles. The third-order valence-corrected chi connectivity index (χ3v) is 4.00. The zero-order chi connectivity index (χ0) is 13.9. The van der Waals surface area contributed by atoms with E-state index in [2.05, 4.69) is 5.32 Å². The Balaban J connectivity index is 2.69. The van der Waals surface area contributed by atoms with Crippen LogP contribution >= 0.6 is 11.3 Å². The lowest BCUT2D eigenvalue weighted by molar-refractivity contribution is -0.155. The molecule has 0 aromatic carbocycles. The number of amides is 1. The summed E-state index contributed by atoms with van der Waals surface area (Å²) in [4.78, 5) is 24.1. The van der Waals surface area contributed by atoms with Gasteiger partial charge in [0.15, 0.2) is 5.60 Å². The van der Waals surface area contributed by atoms with Crippen LogP contribution in [0.1, 0.15) is 34.0 Å². The van der Waals surface area contributed by atoms with Crippen molar-refractivity contribution in [3.63, 3.8) is 0 Å². The molecule has 0 aliphatic heterocycles. The maximum atomic E-state index is 11.8. The minimum Gasteiger partial charge on any atom is -0.479 e. The second kappa shape index (κ2) is 5.49. The smallest absolute Gasteiger partial charge is 0.337 e. The topological polar surface area (TPSA) is 86.6 Å². The van der Waals surface area contributed by atoms with Gasteiger partial charge in [0.2, 0.25) is 0 Å². The molecule has 1 atom stereocenters. The molecule has 0 spiro atoms. The zero-order valence-electron chi connectivity index (χ0n) is 10.6. The largest absolute Gasteiger partial charge is 0.479 e. The number of hydrogen-bond donors (Lipinski definition) is 3. The second-order valence-corrected chi connectivity index (χ2v) is 5.47. The summed E-state index contributed by atoms with van der Waals surface area (Å²) in [5.74, 6) is -1.72. The molecule has 1 unspecified atom stereocenters. The van der Waals surface area contributed by atoms with Gasteiger partial charge in [0.1, 0.15) is 0 Å². The summed E-state index contributed by atoms with van der Waals surface area (Å²) in [6.07, 6.45) is 0.858. The van der Waals surface area contributed by atoms with E-state index in [9.17, 15) is 14.7 Å². The zero-order valence-corrected chi connectivity index (χ0v) is 11.4. The first-order valence-electron chi connectivity index (χ1n) is 5.61. The van der Waals surface area contributed by atoms with Crippen LogP contribution in [0.15, 0.2) is 6.07 Å². The van der Waals surface area contributed by atoms with E-state index >= 15 is 0 Å². The quantitative estimate of drug-likeness (QED) is 0.750. The molecule has 100 valence electrons. The Kier molecular flexibility index (Phi) is 4.48. The lowest BCUT2D eigenvalue weighted by Crippen LogP contribution is -2.46. The van der Waals surface area contributed by atoms with E-state index in [0.29, 0.717) is 4.88 Å². The molecule has 1 aromatic heterocycles. The van der Waals surface area contributed by atoms with Crippen molar-refractivity contribution in [1.82, 2.24) is 5.32 Å². The molecule has 0 bridgehead atoms. The molecule has 6 heteroatoms. The number of aliphatic carboxylic acids is 1. The van der Waals surface area contributed by atoms with Gasteiger partial charge in [-0.25, -0.2) is 4.79 Å². The molecule has 18 heavy (non-hydrogen) atoms. The summed E-state index contributed by atoms with van der Waals surface area (Å²) >= 11 is 1.39. The lowest BCUT2D eigenvalue weighted by atomic mass is 10.1. The summed E-state index contributed by atoms with van der Waals surface area (Å²) in [7, 11) is 0. The van der Waals surface area contributed by atoms with Crippen LogP contribution in [0.25, 0.3) is 0 Å². The average Bonchev–Trinajstić information content (AvgIpc) is 2.67. The number of aryl methyl sites for hydroxylation is 2. The number of thiophene rings is 1. The normalized spacial score (nSPS) is 14.0. The predicted octanol–water partition coefficient (Wildman–Crippen LogP) is 1.18. The highest BCUT2D eigenvalue weighted by atomic mass is 32.1. The van der Waals surface area contributed by atoms with Gasteiger partial charge in [-0.2, -0.15) is 0 Å². The van der Waals surface area contributed by atoms with E-state index in [1.54, 1.807) is 6.07 Å². The molecule has 1 rings (SSSR count). The molecule has 0 radical (unpaired) electrons. The maximum absolute atomic E-state index is 11.8. The molecule has 0 fully saturated rings. The highest BCUT2D eigenvalue weighted by molar-refractivity contribution is 7.14. The van der Waals surface area contributed by atoms with E-state index in [0.717, 1.165) is 23.8 Å². The van der Waals surface area contributed by atoms with E-state index in [4.69, 9.17) is 5.11 Å². The van der Waals surface area contributed by atoms with Crippen LogP contribution in [0.2, 0.25) is 0 Å². The molecule has 0 saturated carbocycles. The van der Waals surface area contributed by atoms with E-state index in [-0.39, 0.29) is 12.5 Å². The average molecular weight is 271 g/mol. The van der Waals surface area contributed by atoms with Crippen molar-refractivity contribution in [1.29, 1.82) is 0 Å². The standard InChI is InChI=1S/C12H17NO4S/c1-4-8-7(2)5-9(18-8)10(14)13-6-12(3,17)11(15)16/h5,17H,4,6H2,1-3H3,(H,13,14)(H,15,16). The molecule has 0 aliphatic carbocycles. The molecular weight excluding hydrogens is 254 g/mol. The van der Waals surface area contributed by atoms with E-state index < -0.39 is 11.6 Å². The lowest BCUT2D eigenvalue weighted by Gasteiger charge is -2.17. The number of nitrogens with one attached hydrogen (secondary N) is 1. The van der Waals surface area contributed by atoms with Gasteiger partial charge < -0.3 is 15.5 Å². The summed E-state index contributed by atoms with van der Waals surface area (Å²) < 4.78 is 0. The molecule has 0 saturated heterocycles. The summed E-state index contributed by atoms with van der Waals surface area (Å²) in [5.41, 5.74) is -0.895. The molecule has 5 nitrogen and oxygen atoms in total.